The Kier molecular flexibility index (Phi) is 3.63. The van der Waals surface area contributed by atoms with E-state index in [2.05, 4.69) is 10.3 Å². The van der Waals surface area contributed by atoms with Crippen molar-refractivity contribution in [1.82, 2.24) is 15.0 Å². The number of benzene rings is 1. The zero-order chi connectivity index (χ0) is 15.7. The molecule has 0 bridgehead atoms. The van der Waals surface area contributed by atoms with E-state index in [9.17, 15) is 4.79 Å². The molecular formula is C17H17N3O2. The van der Waals surface area contributed by atoms with Crippen molar-refractivity contribution in [2.75, 3.05) is 0 Å². The molecule has 0 fully saturated rings. The number of allylic oxidation sites excluding steroid dienone is 2. The molecule has 1 unspecified atom stereocenters. The molecule has 5 heteroatoms. The van der Waals surface area contributed by atoms with Crippen molar-refractivity contribution in [2.24, 2.45) is 0 Å². The number of rotatable bonds is 4. The topological polar surface area (TPSA) is 60.9 Å². The van der Waals surface area contributed by atoms with Gasteiger partial charge in [0, 0.05) is 0 Å². The summed E-state index contributed by atoms with van der Waals surface area (Å²) in [5.41, 5.74) is 3.21. The molecule has 0 saturated heterocycles. The Labute approximate surface area is 128 Å². The second-order valence-corrected chi connectivity index (χ2v) is 5.47. The number of nitrogens with zero attached hydrogens (tertiary/aromatic N) is 3. The largest absolute Gasteiger partial charge is 0.469 e. The van der Waals surface area contributed by atoms with Crippen LogP contribution in [-0.2, 0) is 0 Å². The van der Waals surface area contributed by atoms with Gasteiger partial charge >= 0.3 is 0 Å². The number of hydrogen-bond donors (Lipinski definition) is 0. The third-order valence-corrected chi connectivity index (χ3v) is 3.52. The number of fused-ring (bicyclic) bond motifs is 1. The van der Waals surface area contributed by atoms with Crippen molar-refractivity contribution in [3.05, 3.63) is 59.6 Å². The maximum absolute atomic E-state index is 12.9. The fourth-order valence-electron chi connectivity index (χ4n) is 2.47. The number of carbonyl (C=O) groups is 1. The number of aryl methyl sites for hydroxylation is 1. The third kappa shape index (κ3) is 2.45. The first-order chi connectivity index (χ1) is 10.6. The summed E-state index contributed by atoms with van der Waals surface area (Å²) >= 11 is 0. The molecule has 0 aliphatic carbocycles. The second kappa shape index (κ2) is 5.60. The Balaban J connectivity index is 2.13. The van der Waals surface area contributed by atoms with E-state index in [1.54, 1.807) is 17.7 Å². The van der Waals surface area contributed by atoms with Gasteiger partial charge in [0.05, 0.1) is 17.3 Å². The molecule has 0 amide bonds. The summed E-state index contributed by atoms with van der Waals surface area (Å²) in [7, 11) is 0. The highest BCUT2D eigenvalue weighted by Gasteiger charge is 2.25. The summed E-state index contributed by atoms with van der Waals surface area (Å²) in [5, 5.41) is 8.32. The van der Waals surface area contributed by atoms with E-state index in [1.807, 2.05) is 44.2 Å². The SMILES string of the molecule is CC(C)=CC(C(=O)c1ccoc1C)n1nnc2ccccc21. The molecule has 0 aliphatic heterocycles. The summed E-state index contributed by atoms with van der Waals surface area (Å²) < 4.78 is 6.92. The van der Waals surface area contributed by atoms with Crippen molar-refractivity contribution in [1.29, 1.82) is 0 Å². The van der Waals surface area contributed by atoms with Crippen molar-refractivity contribution >= 4 is 16.8 Å². The Morgan fingerprint density at radius 2 is 2.05 bits per heavy atom. The van der Waals surface area contributed by atoms with Gasteiger partial charge in [-0.1, -0.05) is 29.0 Å². The smallest absolute Gasteiger partial charge is 0.194 e. The van der Waals surface area contributed by atoms with Crippen LogP contribution in [0.2, 0.25) is 0 Å². The normalized spacial score (nSPS) is 12.3. The number of Topliss-reactive ketones (excluding diaryl/α,β-unsaturated/α-hetero) is 1. The minimum atomic E-state index is -0.534. The fraction of sp³-hybridized carbons (Fsp3) is 0.235. The molecule has 0 spiro atoms. The van der Waals surface area contributed by atoms with Crippen LogP contribution in [0.15, 0.2) is 52.7 Å². The quantitative estimate of drug-likeness (QED) is 0.543. The maximum atomic E-state index is 12.9. The minimum Gasteiger partial charge on any atom is -0.469 e. The lowest BCUT2D eigenvalue weighted by atomic mass is 10.0. The van der Waals surface area contributed by atoms with Crippen molar-refractivity contribution in [2.45, 2.75) is 26.8 Å². The summed E-state index contributed by atoms with van der Waals surface area (Å²) in [4.78, 5) is 12.9. The van der Waals surface area contributed by atoms with Crippen molar-refractivity contribution in [3.63, 3.8) is 0 Å². The van der Waals surface area contributed by atoms with E-state index in [4.69, 9.17) is 4.42 Å². The van der Waals surface area contributed by atoms with Gasteiger partial charge in [-0.2, -0.15) is 0 Å². The number of carbonyl (C=O) groups excluding carboxylic acids is 1. The lowest BCUT2D eigenvalue weighted by Gasteiger charge is -2.13. The lowest BCUT2D eigenvalue weighted by molar-refractivity contribution is 0.0942. The molecule has 5 nitrogen and oxygen atoms in total. The zero-order valence-corrected chi connectivity index (χ0v) is 12.8. The molecule has 0 saturated carbocycles. The molecule has 2 heterocycles. The van der Waals surface area contributed by atoms with E-state index in [1.165, 1.54) is 6.26 Å². The van der Waals surface area contributed by atoms with Gasteiger partial charge < -0.3 is 4.42 Å². The molecule has 0 aliphatic rings. The summed E-state index contributed by atoms with van der Waals surface area (Å²) in [6, 6.07) is 8.77. The van der Waals surface area contributed by atoms with Crippen LogP contribution in [0.1, 0.15) is 36.0 Å². The van der Waals surface area contributed by atoms with E-state index in [0.717, 1.165) is 16.6 Å². The van der Waals surface area contributed by atoms with Crippen molar-refractivity contribution in [3.8, 4) is 0 Å². The zero-order valence-electron chi connectivity index (χ0n) is 12.8. The van der Waals surface area contributed by atoms with Crippen LogP contribution in [0.25, 0.3) is 11.0 Å². The predicted molar refractivity (Wildman–Crippen MR) is 83.8 cm³/mol. The van der Waals surface area contributed by atoms with E-state index < -0.39 is 6.04 Å². The summed E-state index contributed by atoms with van der Waals surface area (Å²) in [6.07, 6.45) is 3.43. The number of aromatic nitrogens is 3. The van der Waals surface area contributed by atoms with E-state index in [0.29, 0.717) is 11.3 Å². The first kappa shape index (κ1) is 14.3. The average Bonchev–Trinajstić information content (AvgIpc) is 3.10. The van der Waals surface area contributed by atoms with Crippen LogP contribution in [0.3, 0.4) is 0 Å². The molecular weight excluding hydrogens is 278 g/mol. The van der Waals surface area contributed by atoms with E-state index in [-0.39, 0.29) is 5.78 Å². The molecule has 22 heavy (non-hydrogen) atoms. The number of furan rings is 1. The Hall–Kier alpha value is -2.69. The Morgan fingerprint density at radius 1 is 1.27 bits per heavy atom. The predicted octanol–water partition coefficient (Wildman–Crippen LogP) is 3.72. The molecule has 1 atom stereocenters. The lowest BCUT2D eigenvalue weighted by Crippen LogP contribution is -2.19. The molecule has 1 aromatic carbocycles. The van der Waals surface area contributed by atoms with Crippen LogP contribution in [0.4, 0.5) is 0 Å². The molecule has 3 aromatic rings. The maximum Gasteiger partial charge on any atom is 0.194 e. The minimum absolute atomic E-state index is 0.0527. The summed E-state index contributed by atoms with van der Waals surface area (Å²) in [6.45, 7) is 5.70. The van der Waals surface area contributed by atoms with Gasteiger partial charge in [0.2, 0.25) is 0 Å². The van der Waals surface area contributed by atoms with Gasteiger partial charge in [0.15, 0.2) is 5.78 Å². The fourth-order valence-corrected chi connectivity index (χ4v) is 2.47. The molecule has 2 aromatic heterocycles. The summed E-state index contributed by atoms with van der Waals surface area (Å²) in [5.74, 6) is 0.560. The van der Waals surface area contributed by atoms with Crippen LogP contribution < -0.4 is 0 Å². The first-order valence-corrected chi connectivity index (χ1v) is 7.11. The average molecular weight is 295 g/mol. The van der Waals surface area contributed by atoms with Crippen LogP contribution in [0, 0.1) is 6.92 Å². The number of hydrogen-bond acceptors (Lipinski definition) is 4. The highest BCUT2D eigenvalue weighted by atomic mass is 16.3. The van der Waals surface area contributed by atoms with Gasteiger partial charge in [-0.3, -0.25) is 4.79 Å². The highest BCUT2D eigenvalue weighted by Crippen LogP contribution is 2.23. The van der Waals surface area contributed by atoms with Gasteiger partial charge in [-0.15, -0.1) is 5.10 Å². The number of ketones is 1. The van der Waals surface area contributed by atoms with Gasteiger partial charge in [0.1, 0.15) is 17.3 Å². The van der Waals surface area contributed by atoms with Crippen LogP contribution in [-0.4, -0.2) is 20.8 Å². The molecule has 0 N–H and O–H groups in total. The first-order valence-electron chi connectivity index (χ1n) is 7.11. The monoisotopic (exact) mass is 295 g/mol. The Bertz CT molecular complexity index is 854. The highest BCUT2D eigenvalue weighted by molar-refractivity contribution is 6.01. The molecule has 112 valence electrons. The molecule has 3 rings (SSSR count). The van der Waals surface area contributed by atoms with Gasteiger partial charge in [-0.25, -0.2) is 4.68 Å². The third-order valence-electron chi connectivity index (χ3n) is 3.52. The van der Waals surface area contributed by atoms with Crippen molar-refractivity contribution < 1.29 is 9.21 Å². The van der Waals surface area contributed by atoms with Crippen LogP contribution in [0.5, 0.6) is 0 Å². The molecule has 0 radical (unpaired) electrons. The van der Waals surface area contributed by atoms with Gasteiger partial charge in [0.25, 0.3) is 0 Å². The second-order valence-electron chi connectivity index (χ2n) is 5.47. The number of para-hydroxylation sites is 1. The standard InChI is InChI=1S/C17H17N3O2/c1-11(2)10-16(17(21)13-8-9-22-12(13)3)20-15-7-5-4-6-14(15)18-19-20/h4-10,16H,1-3H3. The van der Waals surface area contributed by atoms with Crippen LogP contribution >= 0.6 is 0 Å². The Morgan fingerprint density at radius 3 is 2.73 bits per heavy atom. The van der Waals surface area contributed by atoms with Gasteiger partial charge in [-0.05, 0) is 39.0 Å². The van der Waals surface area contributed by atoms with E-state index >= 15 is 0 Å².